The molecule has 1 aromatic heterocycles. The molecule has 1 aromatic rings. The average Bonchev–Trinajstić information content (AvgIpc) is 3.23. The number of piperazine rings is 1. The smallest absolute Gasteiger partial charge is 0.246 e. The highest BCUT2D eigenvalue weighted by Crippen LogP contribution is 2.38. The highest BCUT2D eigenvalue weighted by molar-refractivity contribution is 9.10. The molecule has 1 N–H and O–H groups in total. The molecule has 114 valence electrons. The summed E-state index contributed by atoms with van der Waals surface area (Å²) in [6, 6.07) is 1.66. The van der Waals surface area contributed by atoms with Crippen molar-refractivity contribution in [1.29, 1.82) is 0 Å². The van der Waals surface area contributed by atoms with E-state index in [9.17, 15) is 9.59 Å². The molecule has 2 unspecified atom stereocenters. The summed E-state index contributed by atoms with van der Waals surface area (Å²) in [5, 5.41) is 4.95. The average molecular weight is 371 g/mol. The van der Waals surface area contributed by atoms with Crippen LogP contribution >= 0.6 is 27.3 Å². The van der Waals surface area contributed by atoms with Gasteiger partial charge in [-0.25, -0.2) is 0 Å². The zero-order valence-corrected chi connectivity index (χ0v) is 14.6. The summed E-state index contributed by atoms with van der Waals surface area (Å²) in [4.78, 5) is 28.3. The van der Waals surface area contributed by atoms with Gasteiger partial charge in [-0.2, -0.15) is 0 Å². The Labute approximate surface area is 137 Å². The molecule has 21 heavy (non-hydrogen) atoms. The quantitative estimate of drug-likeness (QED) is 0.885. The first-order valence-corrected chi connectivity index (χ1v) is 8.99. The van der Waals surface area contributed by atoms with Gasteiger partial charge in [0.2, 0.25) is 11.8 Å². The predicted octanol–water partition coefficient (Wildman–Crippen LogP) is 2.92. The fourth-order valence-corrected chi connectivity index (χ4v) is 4.29. The first kappa shape index (κ1) is 15.0. The molecule has 2 heterocycles. The lowest BCUT2D eigenvalue weighted by atomic mass is 9.89. The van der Waals surface area contributed by atoms with Gasteiger partial charge in [0.1, 0.15) is 11.6 Å². The molecular formula is C15H19BrN2O2S. The lowest BCUT2D eigenvalue weighted by Gasteiger charge is -2.46. The van der Waals surface area contributed by atoms with Crippen molar-refractivity contribution in [3.05, 3.63) is 20.8 Å². The summed E-state index contributed by atoms with van der Waals surface area (Å²) in [6.07, 6.45) is 2.69. The minimum absolute atomic E-state index is 0.0193. The number of carbonyl (C=O) groups excluding carboxylic acids is 2. The number of carbonyl (C=O) groups is 2. The standard InChI is InChI=1S/C15H19BrN2O2S/c1-3-15(2)14(20)17-12(9-4-5-9)13(19)18(15)8-11-10(16)6-7-21-11/h6-7,9,12H,3-5,8H2,1-2H3,(H,17,20). The molecule has 4 nitrogen and oxygen atoms in total. The highest BCUT2D eigenvalue weighted by Gasteiger charge is 2.52. The fraction of sp³-hybridized carbons (Fsp3) is 0.600. The molecule has 0 spiro atoms. The van der Waals surface area contributed by atoms with Crippen LogP contribution in [-0.2, 0) is 16.1 Å². The maximum absolute atomic E-state index is 12.9. The molecule has 0 bridgehead atoms. The van der Waals surface area contributed by atoms with Crippen LogP contribution in [0.4, 0.5) is 0 Å². The Kier molecular flexibility index (Phi) is 3.86. The van der Waals surface area contributed by atoms with Gasteiger partial charge >= 0.3 is 0 Å². The second kappa shape index (κ2) is 5.39. The highest BCUT2D eigenvalue weighted by atomic mass is 79.9. The van der Waals surface area contributed by atoms with Crippen molar-refractivity contribution in [2.45, 2.75) is 51.2 Å². The Balaban J connectivity index is 1.92. The van der Waals surface area contributed by atoms with Crippen LogP contribution < -0.4 is 5.32 Å². The van der Waals surface area contributed by atoms with E-state index >= 15 is 0 Å². The zero-order chi connectivity index (χ0) is 15.2. The normalized spacial score (nSPS) is 29.7. The summed E-state index contributed by atoms with van der Waals surface area (Å²) in [6.45, 7) is 4.32. The van der Waals surface area contributed by atoms with E-state index < -0.39 is 5.54 Å². The lowest BCUT2D eigenvalue weighted by Crippen LogP contribution is -2.69. The van der Waals surface area contributed by atoms with Crippen molar-refractivity contribution in [1.82, 2.24) is 10.2 Å². The molecule has 1 aliphatic heterocycles. The van der Waals surface area contributed by atoms with Crippen molar-refractivity contribution in [3.63, 3.8) is 0 Å². The van der Waals surface area contributed by atoms with E-state index in [-0.39, 0.29) is 17.9 Å². The molecule has 2 amide bonds. The van der Waals surface area contributed by atoms with Crippen LogP contribution in [0.1, 0.15) is 38.0 Å². The van der Waals surface area contributed by atoms with Gasteiger partial charge in [-0.05, 0) is 59.5 Å². The van der Waals surface area contributed by atoms with Gasteiger partial charge in [0.25, 0.3) is 0 Å². The Morgan fingerprint density at radius 2 is 2.19 bits per heavy atom. The van der Waals surface area contributed by atoms with Crippen LogP contribution in [0.2, 0.25) is 0 Å². The molecule has 1 saturated carbocycles. The van der Waals surface area contributed by atoms with Crippen molar-refractivity contribution in [3.8, 4) is 0 Å². The largest absolute Gasteiger partial charge is 0.342 e. The first-order valence-electron chi connectivity index (χ1n) is 7.31. The summed E-state index contributed by atoms with van der Waals surface area (Å²) < 4.78 is 1.01. The third-order valence-electron chi connectivity index (χ3n) is 4.68. The SMILES string of the molecule is CCC1(C)C(=O)NC(C2CC2)C(=O)N1Cc1sccc1Br. The molecule has 1 aliphatic carbocycles. The number of hydrogen-bond donors (Lipinski definition) is 1. The Bertz CT molecular complexity index is 584. The topological polar surface area (TPSA) is 49.4 Å². The van der Waals surface area contributed by atoms with Gasteiger partial charge < -0.3 is 10.2 Å². The van der Waals surface area contributed by atoms with Crippen molar-refractivity contribution < 1.29 is 9.59 Å². The molecule has 6 heteroatoms. The number of nitrogens with one attached hydrogen (secondary N) is 1. The van der Waals surface area contributed by atoms with E-state index in [1.807, 2.05) is 25.3 Å². The van der Waals surface area contributed by atoms with E-state index in [4.69, 9.17) is 0 Å². The van der Waals surface area contributed by atoms with Crippen LogP contribution in [0.5, 0.6) is 0 Å². The summed E-state index contributed by atoms with van der Waals surface area (Å²) >= 11 is 5.13. The van der Waals surface area contributed by atoms with Crippen LogP contribution in [0.25, 0.3) is 0 Å². The van der Waals surface area contributed by atoms with E-state index in [0.717, 1.165) is 22.2 Å². The zero-order valence-electron chi connectivity index (χ0n) is 12.2. The van der Waals surface area contributed by atoms with Gasteiger partial charge in [0.15, 0.2) is 0 Å². The second-order valence-corrected chi connectivity index (χ2v) is 7.89. The van der Waals surface area contributed by atoms with Gasteiger partial charge in [-0.1, -0.05) is 6.92 Å². The van der Waals surface area contributed by atoms with Gasteiger partial charge in [0.05, 0.1) is 6.54 Å². The maximum atomic E-state index is 12.9. The number of halogens is 1. The van der Waals surface area contributed by atoms with E-state index in [0.29, 0.717) is 18.9 Å². The van der Waals surface area contributed by atoms with Crippen LogP contribution in [0.15, 0.2) is 15.9 Å². The second-order valence-electron chi connectivity index (χ2n) is 6.03. The Hall–Kier alpha value is -0.880. The van der Waals surface area contributed by atoms with Crippen molar-refractivity contribution in [2.75, 3.05) is 0 Å². The first-order chi connectivity index (χ1) is 9.97. The number of hydrogen-bond acceptors (Lipinski definition) is 3. The molecule has 2 atom stereocenters. The van der Waals surface area contributed by atoms with Crippen LogP contribution in [0, 0.1) is 5.92 Å². The minimum Gasteiger partial charge on any atom is -0.342 e. The Morgan fingerprint density at radius 1 is 1.48 bits per heavy atom. The number of rotatable bonds is 4. The molecule has 1 saturated heterocycles. The van der Waals surface area contributed by atoms with Gasteiger partial charge in [0, 0.05) is 9.35 Å². The molecule has 3 rings (SSSR count). The molecule has 0 aromatic carbocycles. The van der Waals surface area contributed by atoms with Crippen LogP contribution in [0.3, 0.4) is 0 Å². The van der Waals surface area contributed by atoms with Crippen LogP contribution in [-0.4, -0.2) is 28.3 Å². The molecule has 0 radical (unpaired) electrons. The van der Waals surface area contributed by atoms with E-state index in [1.54, 1.807) is 16.2 Å². The summed E-state index contributed by atoms with van der Waals surface area (Å²) in [7, 11) is 0. The van der Waals surface area contributed by atoms with Gasteiger partial charge in [-0.15, -0.1) is 11.3 Å². The summed E-state index contributed by atoms with van der Waals surface area (Å²) in [5.74, 6) is 0.382. The third kappa shape index (κ3) is 2.52. The van der Waals surface area contributed by atoms with Crippen molar-refractivity contribution >= 4 is 39.1 Å². The van der Waals surface area contributed by atoms with Crippen molar-refractivity contribution in [2.24, 2.45) is 5.92 Å². The maximum Gasteiger partial charge on any atom is 0.246 e. The number of amides is 2. The predicted molar refractivity (Wildman–Crippen MR) is 85.9 cm³/mol. The number of nitrogens with zero attached hydrogens (tertiary/aromatic N) is 1. The van der Waals surface area contributed by atoms with Gasteiger partial charge in [-0.3, -0.25) is 9.59 Å². The monoisotopic (exact) mass is 370 g/mol. The Morgan fingerprint density at radius 3 is 2.71 bits per heavy atom. The fourth-order valence-electron chi connectivity index (χ4n) is 2.83. The number of thiophene rings is 1. The van der Waals surface area contributed by atoms with E-state index in [2.05, 4.69) is 21.2 Å². The molecule has 2 aliphatic rings. The minimum atomic E-state index is -0.758. The summed E-state index contributed by atoms with van der Waals surface area (Å²) in [5.41, 5.74) is -0.758. The molecule has 2 fully saturated rings. The molecular weight excluding hydrogens is 352 g/mol. The van der Waals surface area contributed by atoms with E-state index in [1.165, 1.54) is 0 Å². The third-order valence-corrected chi connectivity index (χ3v) is 6.59. The lowest BCUT2D eigenvalue weighted by molar-refractivity contribution is -0.158.